The highest BCUT2D eigenvalue weighted by Crippen LogP contribution is 2.28. The fourth-order valence-electron chi connectivity index (χ4n) is 2.32. The Morgan fingerprint density at radius 1 is 1.38 bits per heavy atom. The highest BCUT2D eigenvalue weighted by molar-refractivity contribution is 7.23. The fourth-order valence-corrected chi connectivity index (χ4v) is 3.34. The van der Waals surface area contributed by atoms with Crippen molar-refractivity contribution in [3.05, 3.63) is 40.3 Å². The number of hydrogen-bond donors (Lipinski definition) is 0. The van der Waals surface area contributed by atoms with Crippen molar-refractivity contribution >= 4 is 32.5 Å². The number of ether oxygens (including phenoxy) is 2. The second kappa shape index (κ2) is 6.60. The van der Waals surface area contributed by atoms with E-state index in [9.17, 15) is 9.59 Å². The van der Waals surface area contributed by atoms with E-state index in [2.05, 4.69) is 11.9 Å². The lowest BCUT2D eigenvalue weighted by Gasteiger charge is -2.12. The molecule has 7 heteroatoms. The van der Waals surface area contributed by atoms with Crippen LogP contribution < -0.4 is 10.3 Å². The lowest BCUT2D eigenvalue weighted by Crippen LogP contribution is -2.23. The highest BCUT2D eigenvalue weighted by atomic mass is 32.1. The third-order valence-corrected chi connectivity index (χ3v) is 4.73. The van der Waals surface area contributed by atoms with Crippen molar-refractivity contribution in [2.75, 3.05) is 6.61 Å². The summed E-state index contributed by atoms with van der Waals surface area (Å²) in [7, 11) is 0. The van der Waals surface area contributed by atoms with E-state index in [1.54, 1.807) is 6.92 Å². The van der Waals surface area contributed by atoms with E-state index in [1.165, 1.54) is 21.9 Å². The molecule has 0 saturated heterocycles. The molecule has 1 unspecified atom stereocenters. The van der Waals surface area contributed by atoms with Crippen LogP contribution in [0, 0.1) is 0 Å². The Labute approximate surface area is 142 Å². The van der Waals surface area contributed by atoms with Gasteiger partial charge in [-0.25, -0.2) is 9.78 Å². The molecule has 126 valence electrons. The third-order valence-electron chi connectivity index (χ3n) is 3.71. The van der Waals surface area contributed by atoms with Gasteiger partial charge in [0.05, 0.1) is 29.1 Å². The summed E-state index contributed by atoms with van der Waals surface area (Å²) in [6.07, 6.45) is 2.31. The smallest absolute Gasteiger partial charge is 0.345 e. The second-order valence-corrected chi connectivity index (χ2v) is 6.39. The van der Waals surface area contributed by atoms with Crippen molar-refractivity contribution in [2.45, 2.75) is 33.3 Å². The predicted molar refractivity (Wildman–Crippen MR) is 93.2 cm³/mol. The Bertz CT molecular complexity index is 960. The van der Waals surface area contributed by atoms with Gasteiger partial charge in [0.1, 0.15) is 11.3 Å². The van der Waals surface area contributed by atoms with Gasteiger partial charge in [-0.1, -0.05) is 18.3 Å². The van der Waals surface area contributed by atoms with Crippen LogP contribution in [0.2, 0.25) is 0 Å². The van der Waals surface area contributed by atoms with Gasteiger partial charge in [-0.15, -0.1) is 0 Å². The first-order chi connectivity index (χ1) is 11.5. The first kappa shape index (κ1) is 16.4. The minimum Gasteiger partial charge on any atom is -0.491 e. The van der Waals surface area contributed by atoms with Crippen LogP contribution in [-0.4, -0.2) is 28.1 Å². The molecule has 0 N–H and O–H groups in total. The molecule has 6 nitrogen and oxygen atoms in total. The summed E-state index contributed by atoms with van der Waals surface area (Å²) in [5.74, 6) is 0.0996. The van der Waals surface area contributed by atoms with Gasteiger partial charge in [0.25, 0.3) is 5.56 Å². The number of fused-ring (bicyclic) bond motifs is 3. The summed E-state index contributed by atoms with van der Waals surface area (Å²) in [6, 6.07) is 5.53. The zero-order valence-corrected chi connectivity index (χ0v) is 14.6. The molecule has 24 heavy (non-hydrogen) atoms. The monoisotopic (exact) mass is 346 g/mol. The molecule has 0 fully saturated rings. The van der Waals surface area contributed by atoms with Gasteiger partial charge in [-0.2, -0.15) is 0 Å². The van der Waals surface area contributed by atoms with Crippen LogP contribution >= 0.6 is 11.3 Å². The summed E-state index contributed by atoms with van der Waals surface area (Å²) in [4.78, 5) is 29.3. The van der Waals surface area contributed by atoms with Crippen LogP contribution in [0.5, 0.6) is 5.75 Å². The zero-order chi connectivity index (χ0) is 17.3. The van der Waals surface area contributed by atoms with Crippen molar-refractivity contribution in [1.82, 2.24) is 9.38 Å². The Hall–Kier alpha value is -2.41. The quantitative estimate of drug-likeness (QED) is 0.663. The van der Waals surface area contributed by atoms with Crippen molar-refractivity contribution in [1.29, 1.82) is 0 Å². The lowest BCUT2D eigenvalue weighted by molar-refractivity contribution is 0.0523. The second-order valence-electron chi connectivity index (χ2n) is 5.38. The number of benzene rings is 1. The van der Waals surface area contributed by atoms with E-state index in [1.807, 2.05) is 25.1 Å². The Balaban J connectivity index is 2.13. The van der Waals surface area contributed by atoms with Gasteiger partial charge in [-0.05, 0) is 38.5 Å². The van der Waals surface area contributed by atoms with E-state index in [0.29, 0.717) is 10.5 Å². The van der Waals surface area contributed by atoms with Crippen LogP contribution in [0.25, 0.3) is 15.2 Å². The molecule has 3 rings (SSSR count). The van der Waals surface area contributed by atoms with Gasteiger partial charge >= 0.3 is 5.97 Å². The van der Waals surface area contributed by atoms with Gasteiger partial charge in [-0.3, -0.25) is 9.20 Å². The lowest BCUT2D eigenvalue weighted by atomic mass is 10.3. The standard InChI is InChI=1S/C17H18N2O4S/c1-4-10(3)23-11-6-7-13-14(8-11)24-17-18-9-12(15(20)19(13)17)16(21)22-5-2/h6-10H,4-5H2,1-3H3. The van der Waals surface area contributed by atoms with E-state index in [4.69, 9.17) is 9.47 Å². The zero-order valence-electron chi connectivity index (χ0n) is 13.7. The largest absolute Gasteiger partial charge is 0.491 e. The maximum atomic E-state index is 12.6. The fraction of sp³-hybridized carbons (Fsp3) is 0.353. The van der Waals surface area contributed by atoms with Crippen LogP contribution in [0.4, 0.5) is 0 Å². The van der Waals surface area contributed by atoms with Crippen molar-refractivity contribution < 1.29 is 14.3 Å². The van der Waals surface area contributed by atoms with E-state index in [0.717, 1.165) is 16.9 Å². The van der Waals surface area contributed by atoms with E-state index in [-0.39, 0.29) is 18.3 Å². The number of rotatable bonds is 5. The molecule has 0 aliphatic carbocycles. The number of carbonyl (C=O) groups excluding carboxylic acids is 1. The van der Waals surface area contributed by atoms with Gasteiger partial charge in [0.15, 0.2) is 4.96 Å². The molecule has 0 amide bonds. The van der Waals surface area contributed by atoms with E-state index >= 15 is 0 Å². The molecule has 0 bridgehead atoms. The molecular formula is C17H18N2O4S. The first-order valence-electron chi connectivity index (χ1n) is 7.83. The molecule has 1 atom stereocenters. The van der Waals surface area contributed by atoms with Crippen molar-refractivity contribution in [3.8, 4) is 5.75 Å². The van der Waals surface area contributed by atoms with Gasteiger partial charge in [0, 0.05) is 0 Å². The molecule has 0 aliphatic heterocycles. The van der Waals surface area contributed by atoms with Crippen LogP contribution in [0.3, 0.4) is 0 Å². The summed E-state index contributed by atoms with van der Waals surface area (Å²) in [5, 5.41) is 0. The topological polar surface area (TPSA) is 69.9 Å². The maximum absolute atomic E-state index is 12.6. The number of carbonyl (C=O) groups is 1. The third kappa shape index (κ3) is 2.87. The molecule has 1 aromatic carbocycles. The normalized spacial score (nSPS) is 12.5. The molecule has 0 saturated carbocycles. The van der Waals surface area contributed by atoms with Crippen LogP contribution in [0.15, 0.2) is 29.2 Å². The molecule has 0 aliphatic rings. The Morgan fingerprint density at radius 2 is 2.17 bits per heavy atom. The SMILES string of the molecule is CCOC(=O)c1cnc2sc3cc(OC(C)CC)ccc3n2c1=O. The molecular weight excluding hydrogens is 328 g/mol. The highest BCUT2D eigenvalue weighted by Gasteiger charge is 2.17. The summed E-state index contributed by atoms with van der Waals surface area (Å²) >= 11 is 1.38. The summed E-state index contributed by atoms with van der Waals surface area (Å²) < 4.78 is 13.0. The summed E-state index contributed by atoms with van der Waals surface area (Å²) in [6.45, 7) is 5.97. The Morgan fingerprint density at radius 3 is 2.88 bits per heavy atom. The Kier molecular flexibility index (Phi) is 4.53. The van der Waals surface area contributed by atoms with Gasteiger partial charge < -0.3 is 9.47 Å². The van der Waals surface area contributed by atoms with Crippen molar-refractivity contribution in [2.24, 2.45) is 0 Å². The average molecular weight is 346 g/mol. The number of esters is 1. The maximum Gasteiger partial charge on any atom is 0.345 e. The summed E-state index contributed by atoms with van der Waals surface area (Å²) in [5.41, 5.74) is 0.226. The van der Waals surface area contributed by atoms with Crippen molar-refractivity contribution in [3.63, 3.8) is 0 Å². The number of aromatic nitrogens is 2. The van der Waals surface area contributed by atoms with Crippen LogP contribution in [-0.2, 0) is 4.74 Å². The number of nitrogens with zero attached hydrogens (tertiary/aromatic N) is 2. The van der Waals surface area contributed by atoms with Crippen LogP contribution in [0.1, 0.15) is 37.6 Å². The molecule has 2 heterocycles. The number of hydrogen-bond acceptors (Lipinski definition) is 6. The molecule has 3 aromatic rings. The van der Waals surface area contributed by atoms with Gasteiger partial charge in [0.2, 0.25) is 0 Å². The predicted octanol–water partition coefficient (Wildman–Crippen LogP) is 3.26. The van der Waals surface area contributed by atoms with E-state index < -0.39 is 11.5 Å². The molecule has 0 spiro atoms. The molecule has 2 aromatic heterocycles. The number of thiazole rings is 1. The average Bonchev–Trinajstić information content (AvgIpc) is 2.93. The first-order valence-corrected chi connectivity index (χ1v) is 8.64. The minimum atomic E-state index is -0.652. The molecule has 0 radical (unpaired) electrons. The minimum absolute atomic E-state index is 0.0611.